The second-order valence-electron chi connectivity index (χ2n) is 6.18. The van der Waals surface area contributed by atoms with Crippen LogP contribution >= 0.6 is 0 Å². The fourth-order valence-electron chi connectivity index (χ4n) is 3.23. The summed E-state index contributed by atoms with van der Waals surface area (Å²) in [6.45, 7) is 9.02. The van der Waals surface area contributed by atoms with Gasteiger partial charge in [0.15, 0.2) is 0 Å². The molecule has 1 aromatic heterocycles. The van der Waals surface area contributed by atoms with Crippen molar-refractivity contribution in [1.82, 2.24) is 19.6 Å². The Balaban J connectivity index is 2.16. The molecule has 1 aromatic rings. The molecule has 0 spiro atoms. The third-order valence-electron chi connectivity index (χ3n) is 4.96. The van der Waals surface area contributed by atoms with Crippen LogP contribution in [-0.2, 0) is 16.6 Å². The molecule has 0 aliphatic carbocycles. The summed E-state index contributed by atoms with van der Waals surface area (Å²) in [5.41, 5.74) is 7.61. The largest absolute Gasteiger partial charge is 0.369 e. The van der Waals surface area contributed by atoms with Crippen molar-refractivity contribution in [3.05, 3.63) is 17.5 Å². The number of likely N-dealkylation sites (N-methyl/N-ethyl adjacent to an activating group) is 1. The van der Waals surface area contributed by atoms with E-state index in [-0.39, 0.29) is 23.7 Å². The van der Waals surface area contributed by atoms with Crippen LogP contribution in [-0.4, -0.2) is 64.1 Å². The molecule has 1 aliphatic rings. The lowest BCUT2D eigenvalue weighted by Crippen LogP contribution is -2.39. The number of hydrogen-bond donors (Lipinski definition) is 1. The highest BCUT2D eigenvalue weighted by Crippen LogP contribution is 2.34. The highest BCUT2D eigenvalue weighted by molar-refractivity contribution is 5.83. The van der Waals surface area contributed by atoms with Gasteiger partial charge >= 0.3 is 0 Å². The minimum Gasteiger partial charge on any atom is -0.369 e. The Bertz CT molecular complexity index is 579. The second-order valence-corrected chi connectivity index (χ2v) is 6.18. The standard InChI is InChI=1S/C16H27N5O2/c1-5-20(6-2)10-15(22)21-8-13(14(9-21)16(17)23)12-7-18-19(4)11(12)3/h7,13-14H,5-6,8-10H2,1-4H3,(H2,17,23)/t13-,14+/m1/s1. The van der Waals surface area contributed by atoms with E-state index in [1.807, 2.05) is 27.8 Å². The molecule has 0 unspecified atom stereocenters. The third-order valence-corrected chi connectivity index (χ3v) is 4.96. The molecule has 0 bridgehead atoms. The average molecular weight is 321 g/mol. The number of nitrogens with two attached hydrogens (primary N) is 1. The molecule has 1 saturated heterocycles. The maximum Gasteiger partial charge on any atom is 0.236 e. The predicted octanol–water partition coefficient (Wildman–Crippen LogP) is 0.0976. The topological polar surface area (TPSA) is 84.5 Å². The molecule has 7 heteroatoms. The fourth-order valence-corrected chi connectivity index (χ4v) is 3.23. The van der Waals surface area contributed by atoms with Gasteiger partial charge in [-0.2, -0.15) is 5.10 Å². The SMILES string of the molecule is CCN(CC)CC(=O)N1C[C@H](C(N)=O)[C@@H](c2cnn(C)c2C)C1. The van der Waals surface area contributed by atoms with E-state index in [1.165, 1.54) is 0 Å². The van der Waals surface area contributed by atoms with Crippen LogP contribution in [0.4, 0.5) is 0 Å². The van der Waals surface area contributed by atoms with Crippen molar-refractivity contribution in [3.8, 4) is 0 Å². The van der Waals surface area contributed by atoms with Gasteiger partial charge in [-0.25, -0.2) is 0 Å². The minimum absolute atomic E-state index is 0.0593. The normalized spacial score (nSPS) is 21.2. The van der Waals surface area contributed by atoms with E-state index in [4.69, 9.17) is 5.73 Å². The lowest BCUT2D eigenvalue weighted by Gasteiger charge is -2.22. The fraction of sp³-hybridized carbons (Fsp3) is 0.688. The first-order valence-corrected chi connectivity index (χ1v) is 8.16. The summed E-state index contributed by atoms with van der Waals surface area (Å²) in [5, 5.41) is 4.25. The van der Waals surface area contributed by atoms with Crippen LogP contribution in [0.3, 0.4) is 0 Å². The van der Waals surface area contributed by atoms with E-state index in [2.05, 4.69) is 10.00 Å². The first-order chi connectivity index (χ1) is 10.9. The van der Waals surface area contributed by atoms with E-state index in [0.717, 1.165) is 24.3 Å². The van der Waals surface area contributed by atoms with Gasteiger partial charge in [0.05, 0.1) is 18.7 Å². The van der Waals surface area contributed by atoms with Crippen LogP contribution in [0, 0.1) is 12.8 Å². The quantitative estimate of drug-likeness (QED) is 0.805. The van der Waals surface area contributed by atoms with Crippen molar-refractivity contribution in [2.75, 3.05) is 32.7 Å². The number of rotatable bonds is 6. The molecule has 1 fully saturated rings. The molecule has 128 valence electrons. The summed E-state index contributed by atoms with van der Waals surface area (Å²) >= 11 is 0. The van der Waals surface area contributed by atoms with Crippen molar-refractivity contribution in [3.63, 3.8) is 0 Å². The molecule has 2 heterocycles. The van der Waals surface area contributed by atoms with Gasteiger partial charge in [-0.15, -0.1) is 0 Å². The van der Waals surface area contributed by atoms with Crippen molar-refractivity contribution >= 4 is 11.8 Å². The number of aromatic nitrogens is 2. The second kappa shape index (κ2) is 7.12. The van der Waals surface area contributed by atoms with E-state index in [1.54, 1.807) is 15.8 Å². The highest BCUT2D eigenvalue weighted by Gasteiger charge is 2.40. The van der Waals surface area contributed by atoms with Gasteiger partial charge in [0.25, 0.3) is 0 Å². The number of carbonyl (C=O) groups excluding carboxylic acids is 2. The summed E-state index contributed by atoms with van der Waals surface area (Å²) < 4.78 is 1.79. The van der Waals surface area contributed by atoms with Crippen molar-refractivity contribution in [2.45, 2.75) is 26.7 Å². The van der Waals surface area contributed by atoms with E-state index < -0.39 is 0 Å². The number of nitrogens with zero attached hydrogens (tertiary/aromatic N) is 4. The zero-order chi connectivity index (χ0) is 17.1. The minimum atomic E-state index is -0.351. The van der Waals surface area contributed by atoms with Crippen LogP contribution in [0.2, 0.25) is 0 Å². The number of hydrogen-bond acceptors (Lipinski definition) is 4. The van der Waals surface area contributed by atoms with Crippen LogP contribution < -0.4 is 5.73 Å². The van der Waals surface area contributed by atoms with Gasteiger partial charge in [0.2, 0.25) is 11.8 Å². The van der Waals surface area contributed by atoms with Gasteiger partial charge in [-0.05, 0) is 25.6 Å². The van der Waals surface area contributed by atoms with Crippen LogP contribution in [0.1, 0.15) is 31.0 Å². The smallest absolute Gasteiger partial charge is 0.236 e. The zero-order valence-corrected chi connectivity index (χ0v) is 14.5. The number of primary amides is 1. The molecule has 2 N–H and O–H groups in total. The van der Waals surface area contributed by atoms with E-state index in [9.17, 15) is 9.59 Å². The molecule has 2 amide bonds. The van der Waals surface area contributed by atoms with Gasteiger partial charge in [0.1, 0.15) is 0 Å². The molecule has 0 radical (unpaired) electrons. The first-order valence-electron chi connectivity index (χ1n) is 8.16. The number of carbonyl (C=O) groups is 2. The van der Waals surface area contributed by atoms with Gasteiger partial charge in [-0.1, -0.05) is 13.8 Å². The Morgan fingerprint density at radius 2 is 2.00 bits per heavy atom. The summed E-state index contributed by atoms with van der Waals surface area (Å²) in [5.74, 6) is -0.708. The molecule has 0 aromatic carbocycles. The maximum absolute atomic E-state index is 12.5. The third kappa shape index (κ3) is 3.55. The summed E-state index contributed by atoms with van der Waals surface area (Å²) in [6, 6.07) is 0. The molecule has 0 saturated carbocycles. The van der Waals surface area contributed by atoms with Crippen LogP contribution in [0.25, 0.3) is 0 Å². The first kappa shape index (κ1) is 17.5. The molecule has 2 rings (SSSR count). The van der Waals surface area contributed by atoms with Crippen molar-refractivity contribution in [2.24, 2.45) is 18.7 Å². The van der Waals surface area contributed by atoms with Gasteiger partial charge < -0.3 is 10.6 Å². The maximum atomic E-state index is 12.5. The Kier molecular flexibility index (Phi) is 5.41. The molecular formula is C16H27N5O2. The molecule has 7 nitrogen and oxygen atoms in total. The lowest BCUT2D eigenvalue weighted by molar-refractivity contribution is -0.131. The Morgan fingerprint density at radius 3 is 2.48 bits per heavy atom. The molecule has 2 atom stereocenters. The van der Waals surface area contributed by atoms with Gasteiger partial charge in [-0.3, -0.25) is 19.2 Å². The summed E-state index contributed by atoms with van der Waals surface area (Å²) in [6.07, 6.45) is 1.79. The lowest BCUT2D eigenvalue weighted by atomic mass is 9.89. The molecule has 1 aliphatic heterocycles. The highest BCUT2D eigenvalue weighted by atomic mass is 16.2. The van der Waals surface area contributed by atoms with Crippen molar-refractivity contribution < 1.29 is 9.59 Å². The van der Waals surface area contributed by atoms with E-state index in [0.29, 0.717) is 19.6 Å². The number of aryl methyl sites for hydroxylation is 1. The zero-order valence-electron chi connectivity index (χ0n) is 14.5. The summed E-state index contributed by atoms with van der Waals surface area (Å²) in [7, 11) is 1.87. The number of likely N-dealkylation sites (tertiary alicyclic amines) is 1. The van der Waals surface area contributed by atoms with Crippen molar-refractivity contribution in [1.29, 1.82) is 0 Å². The van der Waals surface area contributed by atoms with Gasteiger partial charge in [0, 0.05) is 31.7 Å². The molecular weight excluding hydrogens is 294 g/mol. The summed E-state index contributed by atoms with van der Waals surface area (Å²) in [4.78, 5) is 28.2. The predicted molar refractivity (Wildman–Crippen MR) is 87.7 cm³/mol. The van der Waals surface area contributed by atoms with Crippen LogP contribution in [0.15, 0.2) is 6.20 Å². The Morgan fingerprint density at radius 1 is 1.35 bits per heavy atom. The Hall–Kier alpha value is -1.89. The number of amides is 2. The van der Waals surface area contributed by atoms with E-state index >= 15 is 0 Å². The molecule has 23 heavy (non-hydrogen) atoms. The Labute approximate surface area is 137 Å². The average Bonchev–Trinajstić information content (AvgIpc) is 3.09. The monoisotopic (exact) mass is 321 g/mol. The van der Waals surface area contributed by atoms with Crippen LogP contribution in [0.5, 0.6) is 0 Å².